The van der Waals surface area contributed by atoms with Crippen molar-refractivity contribution in [1.29, 1.82) is 0 Å². The van der Waals surface area contributed by atoms with E-state index in [-0.39, 0.29) is 0 Å². The Morgan fingerprint density at radius 3 is 3.06 bits per heavy atom. The molecule has 0 amide bonds. The maximum Gasteiger partial charge on any atom is 0.138 e. The Kier molecular flexibility index (Phi) is 2.81. The lowest BCUT2D eigenvalue weighted by Crippen LogP contribution is -2.15. The van der Waals surface area contributed by atoms with Gasteiger partial charge in [-0.25, -0.2) is 4.98 Å². The van der Waals surface area contributed by atoms with Gasteiger partial charge in [0.05, 0.1) is 5.69 Å². The fourth-order valence-electron chi connectivity index (χ4n) is 2.61. The van der Waals surface area contributed by atoms with Crippen LogP contribution < -0.4 is 0 Å². The van der Waals surface area contributed by atoms with Crippen LogP contribution in [0.2, 0.25) is 5.15 Å². The van der Waals surface area contributed by atoms with Gasteiger partial charge in [-0.2, -0.15) is 0 Å². The van der Waals surface area contributed by atoms with Gasteiger partial charge in [-0.1, -0.05) is 17.7 Å². The maximum absolute atomic E-state index is 6.12. The first-order valence-electron chi connectivity index (χ1n) is 6.03. The molecule has 4 heteroatoms. The standard InChI is InChI=1S/C13H16ClN3/c1-16-6-5-10(8-16)7-11-9-17-12(14)3-2-4-13(17)15-11/h2-4,9-10H,5-8H2,1H3. The monoisotopic (exact) mass is 249 g/mol. The van der Waals surface area contributed by atoms with Gasteiger partial charge in [-0.15, -0.1) is 0 Å². The number of likely N-dealkylation sites (tertiary alicyclic amines) is 1. The van der Waals surface area contributed by atoms with E-state index in [4.69, 9.17) is 11.6 Å². The minimum atomic E-state index is 0.727. The van der Waals surface area contributed by atoms with Crippen LogP contribution in [-0.4, -0.2) is 34.4 Å². The highest BCUT2D eigenvalue weighted by atomic mass is 35.5. The fourth-order valence-corrected chi connectivity index (χ4v) is 2.82. The van der Waals surface area contributed by atoms with Crippen LogP contribution in [0.1, 0.15) is 12.1 Å². The average molecular weight is 250 g/mol. The van der Waals surface area contributed by atoms with Crippen molar-refractivity contribution < 1.29 is 0 Å². The molecule has 3 heterocycles. The second kappa shape index (κ2) is 4.31. The minimum Gasteiger partial charge on any atom is -0.306 e. The first-order chi connectivity index (χ1) is 8.22. The number of nitrogens with zero attached hydrogens (tertiary/aromatic N) is 3. The van der Waals surface area contributed by atoms with E-state index >= 15 is 0 Å². The Bertz CT molecular complexity index is 534. The van der Waals surface area contributed by atoms with Crippen molar-refractivity contribution >= 4 is 17.2 Å². The lowest BCUT2D eigenvalue weighted by atomic mass is 10.0. The Morgan fingerprint density at radius 1 is 1.47 bits per heavy atom. The molecular weight excluding hydrogens is 234 g/mol. The molecule has 1 unspecified atom stereocenters. The third kappa shape index (κ3) is 2.17. The summed E-state index contributed by atoms with van der Waals surface area (Å²) in [5.41, 5.74) is 2.09. The third-order valence-electron chi connectivity index (χ3n) is 3.48. The van der Waals surface area contributed by atoms with Crippen molar-refractivity contribution in [3.8, 4) is 0 Å². The van der Waals surface area contributed by atoms with Crippen molar-refractivity contribution in [2.75, 3.05) is 20.1 Å². The highest BCUT2D eigenvalue weighted by Crippen LogP contribution is 2.20. The predicted molar refractivity (Wildman–Crippen MR) is 69.5 cm³/mol. The fraction of sp³-hybridized carbons (Fsp3) is 0.462. The Morgan fingerprint density at radius 2 is 2.35 bits per heavy atom. The van der Waals surface area contributed by atoms with E-state index in [0.29, 0.717) is 0 Å². The lowest BCUT2D eigenvalue weighted by Gasteiger charge is -2.07. The number of hydrogen-bond donors (Lipinski definition) is 0. The Hall–Kier alpha value is -1.06. The molecule has 0 N–H and O–H groups in total. The molecule has 3 nitrogen and oxygen atoms in total. The minimum absolute atomic E-state index is 0.727. The summed E-state index contributed by atoms with van der Waals surface area (Å²) in [5, 5.41) is 0.727. The molecule has 0 aromatic carbocycles. The highest BCUT2D eigenvalue weighted by molar-refractivity contribution is 6.29. The van der Waals surface area contributed by atoms with Crippen molar-refractivity contribution in [3.05, 3.63) is 35.2 Å². The number of imidazole rings is 1. The quantitative estimate of drug-likeness (QED) is 0.763. The number of halogens is 1. The van der Waals surface area contributed by atoms with Gasteiger partial charge in [-0.05, 0) is 44.5 Å². The number of pyridine rings is 1. The molecule has 0 spiro atoms. The molecule has 0 aliphatic carbocycles. The Balaban J connectivity index is 1.84. The SMILES string of the molecule is CN1CCC(Cc2cn3c(Cl)cccc3n2)C1. The van der Waals surface area contributed by atoms with Crippen LogP contribution in [0.25, 0.3) is 5.65 Å². The first kappa shape index (κ1) is 11.1. The number of aromatic nitrogens is 2. The van der Waals surface area contributed by atoms with E-state index in [0.717, 1.165) is 28.8 Å². The second-order valence-electron chi connectivity index (χ2n) is 4.93. The number of hydrogen-bond acceptors (Lipinski definition) is 2. The highest BCUT2D eigenvalue weighted by Gasteiger charge is 2.20. The normalized spacial score (nSPS) is 21.4. The molecule has 1 saturated heterocycles. The van der Waals surface area contributed by atoms with Crippen molar-refractivity contribution in [2.24, 2.45) is 5.92 Å². The summed E-state index contributed by atoms with van der Waals surface area (Å²) in [7, 11) is 2.18. The molecule has 17 heavy (non-hydrogen) atoms. The predicted octanol–water partition coefficient (Wildman–Crippen LogP) is 2.48. The molecule has 2 aromatic heterocycles. The van der Waals surface area contributed by atoms with Gasteiger partial charge in [0.25, 0.3) is 0 Å². The lowest BCUT2D eigenvalue weighted by molar-refractivity contribution is 0.394. The molecule has 1 aliphatic heterocycles. The van der Waals surface area contributed by atoms with E-state index in [2.05, 4.69) is 23.1 Å². The van der Waals surface area contributed by atoms with E-state index in [9.17, 15) is 0 Å². The molecule has 2 aromatic rings. The smallest absolute Gasteiger partial charge is 0.138 e. The molecule has 0 radical (unpaired) electrons. The van der Waals surface area contributed by atoms with Gasteiger partial charge in [0, 0.05) is 12.7 Å². The van der Waals surface area contributed by atoms with E-state index < -0.39 is 0 Å². The molecule has 0 bridgehead atoms. The summed E-state index contributed by atoms with van der Waals surface area (Å²) in [6, 6.07) is 5.83. The third-order valence-corrected chi connectivity index (χ3v) is 3.79. The average Bonchev–Trinajstić information content (AvgIpc) is 2.86. The zero-order valence-corrected chi connectivity index (χ0v) is 10.7. The number of fused-ring (bicyclic) bond motifs is 1. The van der Waals surface area contributed by atoms with Crippen LogP contribution in [0.4, 0.5) is 0 Å². The number of rotatable bonds is 2. The zero-order chi connectivity index (χ0) is 11.8. The van der Waals surface area contributed by atoms with Crippen molar-refractivity contribution in [1.82, 2.24) is 14.3 Å². The zero-order valence-electron chi connectivity index (χ0n) is 9.93. The van der Waals surface area contributed by atoms with Gasteiger partial charge >= 0.3 is 0 Å². The van der Waals surface area contributed by atoms with Gasteiger partial charge < -0.3 is 4.90 Å². The van der Waals surface area contributed by atoms with Crippen LogP contribution in [0, 0.1) is 5.92 Å². The van der Waals surface area contributed by atoms with Crippen LogP contribution in [0.15, 0.2) is 24.4 Å². The first-order valence-corrected chi connectivity index (χ1v) is 6.41. The van der Waals surface area contributed by atoms with Gasteiger partial charge in [0.15, 0.2) is 0 Å². The van der Waals surface area contributed by atoms with Gasteiger partial charge in [0.1, 0.15) is 10.8 Å². The molecule has 3 rings (SSSR count). The maximum atomic E-state index is 6.12. The van der Waals surface area contributed by atoms with Gasteiger partial charge in [0.2, 0.25) is 0 Å². The van der Waals surface area contributed by atoms with E-state index in [1.165, 1.54) is 19.5 Å². The summed E-state index contributed by atoms with van der Waals surface area (Å²) in [4.78, 5) is 7.00. The topological polar surface area (TPSA) is 20.5 Å². The van der Waals surface area contributed by atoms with Crippen LogP contribution in [-0.2, 0) is 6.42 Å². The Labute approximate surface area is 106 Å². The molecule has 1 aliphatic rings. The van der Waals surface area contributed by atoms with Crippen LogP contribution in [0.5, 0.6) is 0 Å². The molecular formula is C13H16ClN3. The van der Waals surface area contributed by atoms with Gasteiger partial charge in [-0.3, -0.25) is 4.40 Å². The molecule has 1 fully saturated rings. The van der Waals surface area contributed by atoms with Crippen LogP contribution >= 0.6 is 11.6 Å². The molecule has 90 valence electrons. The summed E-state index contributed by atoms with van der Waals surface area (Å²) >= 11 is 6.12. The summed E-state index contributed by atoms with van der Waals surface area (Å²) in [6.07, 6.45) is 4.40. The van der Waals surface area contributed by atoms with Crippen molar-refractivity contribution in [3.63, 3.8) is 0 Å². The van der Waals surface area contributed by atoms with E-state index in [1.807, 2.05) is 22.6 Å². The summed E-state index contributed by atoms with van der Waals surface area (Å²) in [5.74, 6) is 0.740. The summed E-state index contributed by atoms with van der Waals surface area (Å²) in [6.45, 7) is 2.39. The molecule has 0 saturated carbocycles. The van der Waals surface area contributed by atoms with Crippen LogP contribution in [0.3, 0.4) is 0 Å². The van der Waals surface area contributed by atoms with Crippen molar-refractivity contribution in [2.45, 2.75) is 12.8 Å². The largest absolute Gasteiger partial charge is 0.306 e. The summed E-state index contributed by atoms with van der Waals surface area (Å²) < 4.78 is 1.95. The second-order valence-corrected chi connectivity index (χ2v) is 5.32. The van der Waals surface area contributed by atoms with E-state index in [1.54, 1.807) is 0 Å². The molecule has 1 atom stereocenters.